The summed E-state index contributed by atoms with van der Waals surface area (Å²) in [6.07, 6.45) is 5.77. The number of nitrogens with two attached hydrogens (primary N) is 2. The standard InChI is InChI=1S/C31H41N5O5S/c1-41-13-4-14-42(39,40)36-11-8-22(9-12-36)27-19-34-30-25(18-29(32)37)16-24(17-26(27)30)23-6-2-5-21(15-23)20-35-10-3-7-28(35)31(33)38/h2,5-6,15-17,19,22,28,34H,3-4,7-14,18,20H2,1H3,(H2,32,37)(H2,33,38)/t28-/m0/s1. The van der Waals surface area contributed by atoms with Crippen LogP contribution in [0.5, 0.6) is 0 Å². The van der Waals surface area contributed by atoms with E-state index in [-0.39, 0.29) is 30.0 Å². The van der Waals surface area contributed by atoms with Crippen LogP contribution in [-0.2, 0) is 37.3 Å². The lowest BCUT2D eigenvalue weighted by Gasteiger charge is -2.31. The van der Waals surface area contributed by atoms with Crippen molar-refractivity contribution in [1.82, 2.24) is 14.2 Å². The summed E-state index contributed by atoms with van der Waals surface area (Å²) in [5, 5.41) is 1.03. The molecule has 0 radical (unpaired) electrons. The Bertz CT molecular complexity index is 1540. The van der Waals surface area contributed by atoms with Gasteiger partial charge in [-0.3, -0.25) is 14.5 Å². The predicted octanol–water partition coefficient (Wildman–Crippen LogP) is 2.86. The van der Waals surface area contributed by atoms with Gasteiger partial charge in [-0.25, -0.2) is 12.7 Å². The third-order valence-electron chi connectivity index (χ3n) is 8.64. The van der Waals surface area contributed by atoms with E-state index < -0.39 is 15.9 Å². The van der Waals surface area contributed by atoms with Gasteiger partial charge in [-0.1, -0.05) is 18.2 Å². The second-order valence-electron chi connectivity index (χ2n) is 11.5. The molecule has 226 valence electrons. The number of sulfonamides is 1. The van der Waals surface area contributed by atoms with Gasteiger partial charge in [0, 0.05) is 50.5 Å². The molecule has 0 unspecified atom stereocenters. The summed E-state index contributed by atoms with van der Waals surface area (Å²) in [4.78, 5) is 29.4. The van der Waals surface area contributed by atoms with Crippen molar-refractivity contribution in [3.05, 3.63) is 59.3 Å². The molecule has 0 aliphatic carbocycles. The average molecular weight is 596 g/mol. The van der Waals surface area contributed by atoms with Gasteiger partial charge in [-0.15, -0.1) is 0 Å². The Balaban J connectivity index is 1.41. The zero-order chi connectivity index (χ0) is 29.9. The molecule has 42 heavy (non-hydrogen) atoms. The number of hydrogen-bond acceptors (Lipinski definition) is 6. The number of fused-ring (bicyclic) bond motifs is 1. The number of carbonyl (C=O) groups excluding carboxylic acids is 2. The van der Waals surface area contributed by atoms with Gasteiger partial charge in [0.05, 0.1) is 18.2 Å². The minimum atomic E-state index is -3.31. The Hall–Kier alpha value is -3.25. The van der Waals surface area contributed by atoms with Gasteiger partial charge in [0.2, 0.25) is 21.8 Å². The molecule has 11 heteroatoms. The fraction of sp³-hybridized carbons (Fsp3) is 0.484. The molecule has 10 nitrogen and oxygen atoms in total. The summed E-state index contributed by atoms with van der Waals surface area (Å²) in [5.74, 6) is -0.400. The van der Waals surface area contributed by atoms with Crippen LogP contribution in [-0.4, -0.2) is 79.6 Å². The van der Waals surface area contributed by atoms with Crippen LogP contribution in [0, 0.1) is 0 Å². The number of aromatic amines is 1. The number of methoxy groups -OCH3 is 1. The molecule has 2 fully saturated rings. The Kier molecular flexibility index (Phi) is 9.32. The summed E-state index contributed by atoms with van der Waals surface area (Å²) >= 11 is 0. The number of aromatic nitrogens is 1. The van der Waals surface area contributed by atoms with Gasteiger partial charge in [-0.05, 0) is 90.6 Å². The topological polar surface area (TPSA) is 152 Å². The molecule has 3 heterocycles. The number of carbonyl (C=O) groups is 2. The van der Waals surface area contributed by atoms with Gasteiger partial charge in [0.1, 0.15) is 0 Å². The number of likely N-dealkylation sites (tertiary alicyclic amines) is 1. The van der Waals surface area contributed by atoms with Gasteiger partial charge in [0.15, 0.2) is 0 Å². The predicted molar refractivity (Wildman–Crippen MR) is 163 cm³/mol. The quantitative estimate of drug-likeness (QED) is 0.274. The summed E-state index contributed by atoms with van der Waals surface area (Å²) in [6, 6.07) is 12.2. The lowest BCUT2D eigenvalue weighted by atomic mass is 9.88. The molecule has 5 N–H and O–H groups in total. The van der Waals surface area contributed by atoms with Crippen LogP contribution >= 0.6 is 0 Å². The number of rotatable bonds is 12. The average Bonchev–Trinajstić information content (AvgIpc) is 3.60. The van der Waals surface area contributed by atoms with Crippen molar-refractivity contribution >= 4 is 32.7 Å². The van der Waals surface area contributed by atoms with E-state index in [1.54, 1.807) is 11.4 Å². The van der Waals surface area contributed by atoms with E-state index in [2.05, 4.69) is 28.1 Å². The number of piperidine rings is 1. The Labute approximate surface area is 247 Å². The fourth-order valence-corrected chi connectivity index (χ4v) is 8.05. The van der Waals surface area contributed by atoms with E-state index >= 15 is 0 Å². The highest BCUT2D eigenvalue weighted by Gasteiger charge is 2.30. The first-order valence-corrected chi connectivity index (χ1v) is 16.3. The molecule has 1 atom stereocenters. The number of primary amides is 2. The van der Waals surface area contributed by atoms with Gasteiger partial charge in [-0.2, -0.15) is 0 Å². The molecule has 0 saturated carbocycles. The largest absolute Gasteiger partial charge is 0.385 e. The molecule has 2 saturated heterocycles. The number of hydrogen-bond donors (Lipinski definition) is 3. The molecular weight excluding hydrogens is 554 g/mol. The Morgan fingerprint density at radius 2 is 1.83 bits per heavy atom. The van der Waals surface area contributed by atoms with Crippen molar-refractivity contribution in [2.24, 2.45) is 11.5 Å². The van der Waals surface area contributed by atoms with E-state index in [4.69, 9.17) is 16.2 Å². The molecular formula is C31H41N5O5S. The highest BCUT2D eigenvalue weighted by atomic mass is 32.2. The maximum atomic E-state index is 12.8. The Morgan fingerprint density at radius 3 is 2.55 bits per heavy atom. The van der Waals surface area contributed by atoms with E-state index in [0.29, 0.717) is 32.7 Å². The summed E-state index contributed by atoms with van der Waals surface area (Å²) in [7, 11) is -1.73. The molecule has 2 amide bonds. The third-order valence-corrected chi connectivity index (χ3v) is 10.6. The van der Waals surface area contributed by atoms with Crippen LogP contribution in [0.15, 0.2) is 42.6 Å². The molecule has 2 aliphatic rings. The number of ether oxygens (including phenoxy) is 1. The SMILES string of the molecule is COCCCS(=O)(=O)N1CCC(c2c[nH]c3c(CC(N)=O)cc(-c4cccc(CN5CCC[C@H]5C(N)=O)c4)cc23)CC1. The van der Waals surface area contributed by atoms with E-state index in [1.807, 2.05) is 24.4 Å². The molecule has 3 aromatic rings. The highest BCUT2D eigenvalue weighted by Crippen LogP contribution is 2.37. The summed E-state index contributed by atoms with van der Waals surface area (Å²) < 4.78 is 32.2. The van der Waals surface area contributed by atoms with E-state index in [0.717, 1.165) is 70.9 Å². The van der Waals surface area contributed by atoms with Crippen LogP contribution in [0.2, 0.25) is 0 Å². The number of amides is 2. The normalized spacial score (nSPS) is 19.0. The molecule has 0 bridgehead atoms. The maximum Gasteiger partial charge on any atom is 0.234 e. The number of nitrogens with one attached hydrogen (secondary N) is 1. The van der Waals surface area contributed by atoms with Crippen LogP contribution in [0.1, 0.15) is 54.7 Å². The number of nitrogens with zero attached hydrogens (tertiary/aromatic N) is 2. The van der Waals surface area contributed by atoms with Crippen LogP contribution < -0.4 is 11.5 Å². The molecule has 2 aliphatic heterocycles. The minimum absolute atomic E-state index is 0.0957. The van der Waals surface area contributed by atoms with Crippen LogP contribution in [0.4, 0.5) is 0 Å². The molecule has 5 rings (SSSR count). The van der Waals surface area contributed by atoms with Crippen molar-refractivity contribution in [3.8, 4) is 11.1 Å². The monoisotopic (exact) mass is 595 g/mol. The first-order valence-electron chi connectivity index (χ1n) is 14.7. The first-order chi connectivity index (χ1) is 20.2. The molecule has 2 aromatic carbocycles. The highest BCUT2D eigenvalue weighted by molar-refractivity contribution is 7.89. The lowest BCUT2D eigenvalue weighted by molar-refractivity contribution is -0.122. The summed E-state index contributed by atoms with van der Waals surface area (Å²) in [6.45, 7) is 2.86. The zero-order valence-electron chi connectivity index (χ0n) is 24.2. The first kappa shape index (κ1) is 30.2. The fourth-order valence-electron chi connectivity index (χ4n) is 6.54. The smallest absolute Gasteiger partial charge is 0.234 e. The second-order valence-corrected chi connectivity index (χ2v) is 13.6. The van der Waals surface area contributed by atoms with Gasteiger partial charge < -0.3 is 21.2 Å². The van der Waals surface area contributed by atoms with Crippen LogP contribution in [0.25, 0.3) is 22.0 Å². The van der Waals surface area contributed by atoms with Crippen molar-refractivity contribution in [3.63, 3.8) is 0 Å². The number of H-pyrrole nitrogens is 1. The zero-order valence-corrected chi connectivity index (χ0v) is 25.0. The van der Waals surface area contributed by atoms with Gasteiger partial charge >= 0.3 is 0 Å². The third kappa shape index (κ3) is 6.70. The van der Waals surface area contributed by atoms with Crippen molar-refractivity contribution < 1.29 is 22.7 Å². The lowest BCUT2D eigenvalue weighted by Crippen LogP contribution is -2.39. The second kappa shape index (κ2) is 12.9. The van der Waals surface area contributed by atoms with Crippen molar-refractivity contribution in [2.45, 2.75) is 57.0 Å². The summed E-state index contributed by atoms with van der Waals surface area (Å²) in [5.41, 5.74) is 17.2. The Morgan fingerprint density at radius 1 is 1.05 bits per heavy atom. The van der Waals surface area contributed by atoms with Crippen molar-refractivity contribution in [2.75, 3.05) is 39.1 Å². The number of benzene rings is 2. The van der Waals surface area contributed by atoms with Gasteiger partial charge in [0.25, 0.3) is 0 Å². The van der Waals surface area contributed by atoms with E-state index in [1.165, 1.54) is 0 Å². The maximum absolute atomic E-state index is 12.8. The van der Waals surface area contributed by atoms with Crippen LogP contribution in [0.3, 0.4) is 0 Å². The van der Waals surface area contributed by atoms with E-state index in [9.17, 15) is 18.0 Å². The molecule has 0 spiro atoms. The molecule has 1 aromatic heterocycles. The van der Waals surface area contributed by atoms with Crippen molar-refractivity contribution in [1.29, 1.82) is 0 Å². The minimum Gasteiger partial charge on any atom is -0.385 e.